The van der Waals surface area contributed by atoms with Gasteiger partial charge in [0.15, 0.2) is 5.11 Å². The average molecular weight is 313 g/mol. The van der Waals surface area contributed by atoms with E-state index >= 15 is 0 Å². The number of aryl methyl sites for hydroxylation is 3. The number of thiocarbonyl (C=S) groups is 1. The second-order valence-electron chi connectivity index (χ2n) is 5.64. The minimum Gasteiger partial charge on any atom is -0.356 e. The molecule has 0 aliphatic carbocycles. The Morgan fingerprint density at radius 2 is 1.86 bits per heavy atom. The Balaban J connectivity index is 2.06. The Kier molecular flexibility index (Phi) is 5.50. The van der Waals surface area contributed by atoms with Crippen LogP contribution in [0, 0.1) is 20.8 Å². The highest BCUT2D eigenvalue weighted by atomic mass is 32.1. The van der Waals surface area contributed by atoms with Gasteiger partial charge in [-0.25, -0.2) is 4.98 Å². The molecule has 3 nitrogen and oxygen atoms in total. The highest BCUT2D eigenvalue weighted by Gasteiger charge is 2.13. The van der Waals surface area contributed by atoms with E-state index in [1.165, 1.54) is 16.7 Å². The van der Waals surface area contributed by atoms with Gasteiger partial charge in [0.05, 0.1) is 6.04 Å². The molecular formula is C18H23N3S. The predicted octanol–water partition coefficient (Wildman–Crippen LogP) is 4.44. The number of nitrogens with one attached hydrogen (secondary N) is 2. The third-order valence-corrected chi connectivity index (χ3v) is 3.89. The van der Waals surface area contributed by atoms with Crippen LogP contribution in [0.1, 0.15) is 41.6 Å². The van der Waals surface area contributed by atoms with Gasteiger partial charge in [-0.05, 0) is 62.2 Å². The van der Waals surface area contributed by atoms with Crippen molar-refractivity contribution >= 4 is 23.1 Å². The highest BCUT2D eigenvalue weighted by molar-refractivity contribution is 7.80. The summed E-state index contributed by atoms with van der Waals surface area (Å²) in [5.41, 5.74) is 4.98. The molecule has 0 aliphatic rings. The molecule has 0 fully saturated rings. The average Bonchev–Trinajstić information content (AvgIpc) is 2.48. The van der Waals surface area contributed by atoms with Gasteiger partial charge in [-0.1, -0.05) is 36.8 Å². The Bertz CT molecular complexity index is 650. The molecule has 0 saturated carbocycles. The van der Waals surface area contributed by atoms with Crippen molar-refractivity contribution < 1.29 is 0 Å². The van der Waals surface area contributed by atoms with E-state index in [-0.39, 0.29) is 6.04 Å². The van der Waals surface area contributed by atoms with Crippen molar-refractivity contribution in [3.05, 3.63) is 58.8 Å². The summed E-state index contributed by atoms with van der Waals surface area (Å²) in [7, 11) is 0. The Morgan fingerprint density at radius 1 is 1.14 bits per heavy atom. The van der Waals surface area contributed by atoms with Crippen molar-refractivity contribution in [2.75, 3.05) is 5.32 Å². The maximum Gasteiger partial charge on any atom is 0.172 e. The van der Waals surface area contributed by atoms with Crippen molar-refractivity contribution in [3.63, 3.8) is 0 Å². The molecule has 0 bridgehead atoms. The first-order valence-corrected chi connectivity index (χ1v) is 7.97. The van der Waals surface area contributed by atoms with E-state index < -0.39 is 0 Å². The van der Waals surface area contributed by atoms with E-state index in [2.05, 4.69) is 54.6 Å². The van der Waals surface area contributed by atoms with Crippen molar-refractivity contribution in [1.29, 1.82) is 0 Å². The van der Waals surface area contributed by atoms with E-state index in [4.69, 9.17) is 12.2 Å². The summed E-state index contributed by atoms with van der Waals surface area (Å²) in [4.78, 5) is 4.31. The van der Waals surface area contributed by atoms with E-state index in [1.54, 1.807) is 0 Å². The lowest BCUT2D eigenvalue weighted by Gasteiger charge is -2.21. The first-order valence-electron chi connectivity index (χ1n) is 7.57. The Labute approximate surface area is 138 Å². The molecule has 1 heterocycles. The van der Waals surface area contributed by atoms with Gasteiger partial charge < -0.3 is 10.6 Å². The maximum absolute atomic E-state index is 5.42. The van der Waals surface area contributed by atoms with Gasteiger partial charge in [0.2, 0.25) is 0 Å². The van der Waals surface area contributed by atoms with Crippen LogP contribution in [0.3, 0.4) is 0 Å². The largest absolute Gasteiger partial charge is 0.356 e. The van der Waals surface area contributed by atoms with Gasteiger partial charge in [-0.2, -0.15) is 0 Å². The fourth-order valence-corrected chi connectivity index (χ4v) is 2.72. The molecule has 0 unspecified atom stereocenters. The molecule has 0 aliphatic heterocycles. The standard InChI is InChI=1S/C18H23N3S/c1-5-16(15-8-6-12(2)10-14(15)4)20-18(22)21-17-9-7-13(3)11-19-17/h6-11,16H,5H2,1-4H3,(H2,19,20,21,22)/t16-/m1/s1. The van der Waals surface area contributed by atoms with Gasteiger partial charge >= 0.3 is 0 Å². The molecule has 22 heavy (non-hydrogen) atoms. The lowest BCUT2D eigenvalue weighted by molar-refractivity contribution is 0.625. The van der Waals surface area contributed by atoms with E-state index in [1.807, 2.05) is 25.3 Å². The number of rotatable bonds is 4. The summed E-state index contributed by atoms with van der Waals surface area (Å²) in [5.74, 6) is 0.763. The number of nitrogens with zero attached hydrogens (tertiary/aromatic N) is 1. The first-order chi connectivity index (χ1) is 10.5. The van der Waals surface area contributed by atoms with Crippen molar-refractivity contribution in [2.45, 2.75) is 40.2 Å². The Hall–Kier alpha value is -1.94. The van der Waals surface area contributed by atoms with Crippen molar-refractivity contribution in [2.24, 2.45) is 0 Å². The van der Waals surface area contributed by atoms with Crippen LogP contribution in [-0.2, 0) is 0 Å². The monoisotopic (exact) mass is 313 g/mol. The Morgan fingerprint density at radius 3 is 2.45 bits per heavy atom. The van der Waals surface area contributed by atoms with Crippen molar-refractivity contribution in [3.8, 4) is 0 Å². The first kappa shape index (κ1) is 16.4. The van der Waals surface area contributed by atoms with Crippen molar-refractivity contribution in [1.82, 2.24) is 10.3 Å². The van der Waals surface area contributed by atoms with Crippen LogP contribution in [0.5, 0.6) is 0 Å². The number of benzene rings is 1. The lowest BCUT2D eigenvalue weighted by Crippen LogP contribution is -2.32. The summed E-state index contributed by atoms with van der Waals surface area (Å²) < 4.78 is 0. The summed E-state index contributed by atoms with van der Waals surface area (Å²) in [6.07, 6.45) is 2.79. The molecule has 0 spiro atoms. The summed E-state index contributed by atoms with van der Waals surface area (Å²) in [5, 5.41) is 7.13. The third-order valence-electron chi connectivity index (χ3n) is 3.67. The van der Waals surface area contributed by atoms with E-state index in [0.29, 0.717) is 5.11 Å². The predicted molar refractivity (Wildman–Crippen MR) is 97.3 cm³/mol. The smallest absolute Gasteiger partial charge is 0.172 e. The number of pyridine rings is 1. The molecule has 0 amide bonds. The van der Waals surface area contributed by atoms with E-state index in [0.717, 1.165) is 17.8 Å². The molecule has 0 saturated heterocycles. The summed E-state index contributed by atoms with van der Waals surface area (Å²) in [6.45, 7) is 8.43. The van der Waals surface area contributed by atoms with Crippen LogP contribution in [0.25, 0.3) is 0 Å². The third kappa shape index (κ3) is 4.28. The van der Waals surface area contributed by atoms with Gasteiger partial charge in [0.1, 0.15) is 5.82 Å². The fourth-order valence-electron chi connectivity index (χ4n) is 2.47. The highest BCUT2D eigenvalue weighted by Crippen LogP contribution is 2.21. The van der Waals surface area contributed by atoms with E-state index in [9.17, 15) is 0 Å². The second kappa shape index (κ2) is 7.36. The van der Waals surface area contributed by atoms with Gasteiger partial charge in [0, 0.05) is 6.20 Å². The molecule has 116 valence electrons. The summed E-state index contributed by atoms with van der Waals surface area (Å²) >= 11 is 5.42. The number of aromatic nitrogens is 1. The SMILES string of the molecule is CC[C@@H](NC(=S)Nc1ccc(C)cn1)c1ccc(C)cc1C. The molecule has 1 aromatic heterocycles. The van der Waals surface area contributed by atoms with Crippen LogP contribution in [0.15, 0.2) is 36.5 Å². The molecule has 1 atom stereocenters. The zero-order valence-corrected chi connectivity index (χ0v) is 14.4. The van der Waals surface area contributed by atoms with Crippen LogP contribution >= 0.6 is 12.2 Å². The molecule has 2 rings (SSSR count). The zero-order valence-electron chi connectivity index (χ0n) is 13.6. The molecule has 4 heteroatoms. The van der Waals surface area contributed by atoms with Crippen LogP contribution in [0.4, 0.5) is 5.82 Å². The molecule has 0 radical (unpaired) electrons. The number of hydrogen-bond acceptors (Lipinski definition) is 2. The zero-order chi connectivity index (χ0) is 16.1. The molecule has 2 aromatic rings. The molecule has 1 aromatic carbocycles. The lowest BCUT2D eigenvalue weighted by atomic mass is 9.98. The minimum atomic E-state index is 0.200. The van der Waals surface area contributed by atoms with Crippen LogP contribution < -0.4 is 10.6 Å². The molecular weight excluding hydrogens is 290 g/mol. The molecule has 2 N–H and O–H groups in total. The quantitative estimate of drug-likeness (QED) is 0.818. The minimum absolute atomic E-state index is 0.200. The van der Waals surface area contributed by atoms with Crippen LogP contribution in [-0.4, -0.2) is 10.1 Å². The maximum atomic E-state index is 5.42. The van der Waals surface area contributed by atoms with Crippen LogP contribution in [0.2, 0.25) is 0 Å². The van der Waals surface area contributed by atoms with Gasteiger partial charge in [-0.3, -0.25) is 0 Å². The summed E-state index contributed by atoms with van der Waals surface area (Å²) in [6, 6.07) is 10.7. The second-order valence-corrected chi connectivity index (χ2v) is 6.05. The van der Waals surface area contributed by atoms with Gasteiger partial charge in [0.25, 0.3) is 0 Å². The number of anilines is 1. The number of hydrogen-bond donors (Lipinski definition) is 2. The fraction of sp³-hybridized carbons (Fsp3) is 0.333. The normalized spacial score (nSPS) is 11.8. The topological polar surface area (TPSA) is 37.0 Å². The van der Waals surface area contributed by atoms with Gasteiger partial charge in [-0.15, -0.1) is 0 Å².